The molecule has 0 radical (unpaired) electrons. The quantitative estimate of drug-likeness (QED) is 0.0392. The number of Topliss-reactive ketones (excluding diaryl/α,β-unsaturated/α-hetero) is 1. The van der Waals surface area contributed by atoms with Crippen molar-refractivity contribution >= 4 is 52.8 Å². The number of hydrogen-bond donors (Lipinski definition) is 1. The van der Waals surface area contributed by atoms with Gasteiger partial charge in [0.1, 0.15) is 0 Å². The number of unbranched alkanes of at least 4 members (excludes halogenated alkanes) is 9. The molecule has 6 unspecified atom stereocenters. The van der Waals surface area contributed by atoms with Crippen LogP contribution in [0.25, 0.3) is 0 Å². The summed E-state index contributed by atoms with van der Waals surface area (Å²) in [7, 11) is 0. The number of alkyl halides is 2. The molecule has 3 saturated carbocycles. The van der Waals surface area contributed by atoms with Gasteiger partial charge in [0.25, 0.3) is 11.8 Å². The molecule has 6 atom stereocenters. The minimum Gasteiger partial charge on any atom is -0.465 e. The van der Waals surface area contributed by atoms with Crippen LogP contribution < -0.4 is 5.32 Å². The molecule has 4 amide bonds. The summed E-state index contributed by atoms with van der Waals surface area (Å²) in [6.07, 6.45) is 17.8. The maximum absolute atomic E-state index is 14.2. The highest BCUT2D eigenvalue weighted by Gasteiger charge is 2.59. The number of carbonyl (C=O) groups excluding carboxylic acids is 5. The number of esters is 1. The van der Waals surface area contributed by atoms with Gasteiger partial charge in [0.15, 0.2) is 11.8 Å². The Balaban J connectivity index is 1.38. The zero-order valence-electron chi connectivity index (χ0n) is 31.3. The molecule has 12 heteroatoms. The molecule has 3 aliphatic carbocycles. The number of rotatable bonds is 22. The second-order valence-corrected chi connectivity index (χ2v) is 16.6. The Labute approximate surface area is 315 Å². The maximum Gasteiger partial charge on any atom is 0.330 e. The number of hydrogen-bond acceptors (Lipinski definition) is 7. The normalized spacial score (nSPS) is 27.0. The lowest BCUT2D eigenvalue weighted by Crippen LogP contribution is -2.60. The lowest BCUT2D eigenvalue weighted by Gasteiger charge is -2.37. The average Bonchev–Trinajstić information content (AvgIpc) is 3.89. The zero-order valence-corrected chi connectivity index (χ0v) is 32.8. The van der Waals surface area contributed by atoms with Crippen LogP contribution in [0.2, 0.25) is 0 Å². The van der Waals surface area contributed by atoms with Crippen LogP contribution in [0.4, 0.5) is 4.79 Å². The highest BCUT2D eigenvalue weighted by atomic mass is 35.5. The van der Waals surface area contributed by atoms with Crippen LogP contribution in [-0.4, -0.2) is 88.2 Å². The molecule has 4 fully saturated rings. The minimum atomic E-state index is -1.66. The lowest BCUT2D eigenvalue weighted by atomic mass is 9.84. The lowest BCUT2D eigenvalue weighted by molar-refractivity contribution is -0.151. The van der Waals surface area contributed by atoms with Crippen LogP contribution in [0.1, 0.15) is 149 Å². The molecular weight excluding hydrogens is 693 g/mol. The second-order valence-electron chi connectivity index (χ2n) is 15.4. The fraction of sp³-hybridized carbons (Fsp3) is 0.872. The Hall–Kier alpha value is -1.91. The fourth-order valence-electron chi connectivity index (χ4n) is 8.17. The molecule has 290 valence electrons. The van der Waals surface area contributed by atoms with Crippen LogP contribution in [0, 0.1) is 17.3 Å². The fourth-order valence-corrected chi connectivity index (χ4v) is 9.02. The van der Waals surface area contributed by atoms with Crippen molar-refractivity contribution in [3.05, 3.63) is 0 Å². The van der Waals surface area contributed by atoms with E-state index < -0.39 is 70.0 Å². The molecule has 0 aromatic carbocycles. The minimum absolute atomic E-state index is 0.127. The Kier molecular flexibility index (Phi) is 16.8. The number of imide groups is 1. The Morgan fingerprint density at radius 1 is 0.863 bits per heavy atom. The van der Waals surface area contributed by atoms with E-state index in [-0.39, 0.29) is 25.4 Å². The first kappa shape index (κ1) is 41.8. The van der Waals surface area contributed by atoms with Gasteiger partial charge in [-0.15, -0.1) is 23.2 Å². The summed E-state index contributed by atoms with van der Waals surface area (Å²) in [5.41, 5.74) is -0.768. The van der Waals surface area contributed by atoms with E-state index in [1.165, 1.54) is 49.8 Å². The topological polar surface area (TPSA) is 122 Å². The van der Waals surface area contributed by atoms with E-state index in [9.17, 15) is 24.0 Å². The van der Waals surface area contributed by atoms with E-state index in [1.807, 2.05) is 6.92 Å². The van der Waals surface area contributed by atoms with Crippen molar-refractivity contribution in [2.75, 3.05) is 19.8 Å². The first-order valence-corrected chi connectivity index (χ1v) is 21.0. The third-order valence-corrected chi connectivity index (χ3v) is 12.7. The van der Waals surface area contributed by atoms with Crippen molar-refractivity contribution in [1.29, 1.82) is 0 Å². The van der Waals surface area contributed by atoms with E-state index in [0.717, 1.165) is 56.3 Å². The van der Waals surface area contributed by atoms with Gasteiger partial charge in [-0.2, -0.15) is 0 Å². The number of nitrogens with one attached hydrogen (secondary N) is 1. The summed E-state index contributed by atoms with van der Waals surface area (Å²) in [6, 6.07) is -3.05. The molecule has 0 aromatic rings. The Morgan fingerprint density at radius 2 is 1.49 bits per heavy atom. The summed E-state index contributed by atoms with van der Waals surface area (Å²) >= 11 is 13.4. The van der Waals surface area contributed by atoms with E-state index in [1.54, 1.807) is 6.92 Å². The summed E-state index contributed by atoms with van der Waals surface area (Å²) in [6.45, 7) is 6.69. The van der Waals surface area contributed by atoms with Crippen molar-refractivity contribution < 1.29 is 33.4 Å². The summed E-state index contributed by atoms with van der Waals surface area (Å²) < 4.78 is 11.4. The number of ketones is 1. The van der Waals surface area contributed by atoms with Gasteiger partial charge in [0.2, 0.25) is 6.23 Å². The largest absolute Gasteiger partial charge is 0.465 e. The predicted molar refractivity (Wildman–Crippen MR) is 198 cm³/mol. The molecule has 0 spiro atoms. The molecule has 0 aromatic heterocycles. The zero-order chi connectivity index (χ0) is 37.0. The Morgan fingerprint density at radius 3 is 2.08 bits per heavy atom. The number of carbonyl (C=O) groups is 5. The van der Waals surface area contributed by atoms with Gasteiger partial charge in [-0.25, -0.2) is 9.69 Å². The third kappa shape index (κ3) is 11.1. The summed E-state index contributed by atoms with van der Waals surface area (Å²) in [4.78, 5) is 71.8. The molecule has 4 rings (SSSR count). The van der Waals surface area contributed by atoms with E-state index in [0.29, 0.717) is 32.4 Å². The molecule has 51 heavy (non-hydrogen) atoms. The van der Waals surface area contributed by atoms with Crippen LogP contribution >= 0.6 is 23.2 Å². The molecule has 1 heterocycles. The Bertz CT molecular complexity index is 1180. The van der Waals surface area contributed by atoms with Crippen molar-refractivity contribution in [3.63, 3.8) is 0 Å². The number of halogens is 2. The first-order chi connectivity index (χ1) is 24.6. The van der Waals surface area contributed by atoms with E-state index in [4.69, 9.17) is 32.7 Å². The molecule has 10 nitrogen and oxygen atoms in total. The second kappa shape index (κ2) is 20.5. The van der Waals surface area contributed by atoms with Crippen molar-refractivity contribution in [2.24, 2.45) is 17.3 Å². The predicted octanol–water partition coefficient (Wildman–Crippen LogP) is 7.90. The average molecular weight is 757 g/mol. The van der Waals surface area contributed by atoms with Gasteiger partial charge < -0.3 is 14.8 Å². The van der Waals surface area contributed by atoms with Crippen molar-refractivity contribution in [2.45, 2.75) is 178 Å². The van der Waals surface area contributed by atoms with Gasteiger partial charge in [-0.1, -0.05) is 90.9 Å². The summed E-state index contributed by atoms with van der Waals surface area (Å²) in [5.74, 6) is -2.80. The van der Waals surface area contributed by atoms with Gasteiger partial charge in [0, 0.05) is 30.0 Å². The van der Waals surface area contributed by atoms with E-state index in [2.05, 4.69) is 12.2 Å². The first-order valence-electron chi connectivity index (χ1n) is 20.1. The van der Waals surface area contributed by atoms with Gasteiger partial charge in [0.05, 0.1) is 17.9 Å². The van der Waals surface area contributed by atoms with Gasteiger partial charge in [-0.05, 0) is 64.2 Å². The van der Waals surface area contributed by atoms with Crippen LogP contribution in [-0.2, 0) is 28.7 Å². The summed E-state index contributed by atoms with van der Waals surface area (Å²) in [5, 5.41) is 1.69. The monoisotopic (exact) mass is 755 g/mol. The number of ether oxygens (including phenoxy) is 2. The molecule has 1 N–H and O–H groups in total. The molecule has 0 bridgehead atoms. The van der Waals surface area contributed by atoms with Crippen LogP contribution in [0.3, 0.4) is 0 Å². The molecule has 4 aliphatic rings. The molecule has 1 aliphatic heterocycles. The molecular formula is C39H63Cl2N3O7. The SMILES string of the molecule is CCCCCCCCCCCCOC(=O)C1CC(NC(=O)C(C(=O)C2(CC)CC2)N2C(=O)C(OCC)N(CC3CCCCC3)C2=O)C(Cl)CC1Cl. The molecule has 1 saturated heterocycles. The number of urea groups is 1. The highest BCUT2D eigenvalue weighted by molar-refractivity contribution is 6.25. The van der Waals surface area contributed by atoms with Crippen LogP contribution in [0.15, 0.2) is 0 Å². The van der Waals surface area contributed by atoms with E-state index >= 15 is 0 Å². The van der Waals surface area contributed by atoms with Crippen molar-refractivity contribution in [3.8, 4) is 0 Å². The standard InChI is InChI=1S/C39H63Cl2N3O7/c1-4-7-8-9-10-11-12-13-14-18-23-51-37(48)28-24-31(30(41)25-29(28)40)42-34(46)32(33(45)39(5-2)21-22-39)44-35(47)36(50-6-3)43(38(44)49)26-27-19-16-15-17-20-27/h27-32,36H,4-26H2,1-3H3,(H,42,46). The van der Waals surface area contributed by atoms with Gasteiger partial charge >= 0.3 is 12.0 Å². The number of nitrogens with zero attached hydrogens (tertiary/aromatic N) is 2. The van der Waals surface area contributed by atoms with Crippen molar-refractivity contribution in [1.82, 2.24) is 15.1 Å². The van der Waals surface area contributed by atoms with Crippen LogP contribution in [0.5, 0.6) is 0 Å². The number of amides is 4. The van der Waals surface area contributed by atoms with Gasteiger partial charge in [-0.3, -0.25) is 24.1 Å². The third-order valence-electron chi connectivity index (χ3n) is 11.7. The smallest absolute Gasteiger partial charge is 0.330 e. The maximum atomic E-state index is 14.2. The highest BCUT2D eigenvalue weighted by Crippen LogP contribution is 2.51.